The zero-order valence-corrected chi connectivity index (χ0v) is 9.65. The summed E-state index contributed by atoms with van der Waals surface area (Å²) < 4.78 is 10.3. The molecule has 88 valence electrons. The molecule has 0 aliphatic rings. The summed E-state index contributed by atoms with van der Waals surface area (Å²) in [6.45, 7) is 1.10. The summed E-state index contributed by atoms with van der Waals surface area (Å²) in [5, 5.41) is 0. The lowest BCUT2D eigenvalue weighted by molar-refractivity contribution is -0.120. The van der Waals surface area contributed by atoms with Gasteiger partial charge < -0.3 is 9.47 Å². The third-order valence-corrected chi connectivity index (χ3v) is 2.20. The van der Waals surface area contributed by atoms with Crippen LogP contribution >= 0.6 is 0 Å². The molecule has 0 unspecified atom stereocenters. The van der Waals surface area contributed by atoms with Crippen LogP contribution in [0.4, 0.5) is 0 Å². The number of carbonyl (C=O) groups excluding carboxylic acids is 1. The minimum atomic E-state index is 0.235. The first-order valence-corrected chi connectivity index (χ1v) is 5.51. The van der Waals surface area contributed by atoms with Crippen molar-refractivity contribution in [3.63, 3.8) is 0 Å². The van der Waals surface area contributed by atoms with Gasteiger partial charge in [0.2, 0.25) is 0 Å². The van der Waals surface area contributed by atoms with Gasteiger partial charge in [0.1, 0.15) is 11.5 Å². The Labute approximate surface area is 96.4 Å². The molecular weight excluding hydrogens is 204 g/mol. The minimum absolute atomic E-state index is 0.235. The monoisotopic (exact) mass is 222 g/mol. The second-order valence-corrected chi connectivity index (χ2v) is 3.55. The van der Waals surface area contributed by atoms with Crippen molar-refractivity contribution in [3.05, 3.63) is 30.3 Å². The van der Waals surface area contributed by atoms with E-state index in [-0.39, 0.29) is 5.78 Å². The van der Waals surface area contributed by atoms with E-state index in [2.05, 4.69) is 0 Å². The lowest BCUT2D eigenvalue weighted by Crippen LogP contribution is -2.05. The van der Waals surface area contributed by atoms with Crippen LogP contribution in [0, 0.1) is 0 Å². The van der Waals surface area contributed by atoms with Crippen LogP contribution in [-0.2, 0) is 9.53 Å². The molecule has 0 amide bonds. The molecule has 0 N–H and O–H groups in total. The molecule has 0 aliphatic heterocycles. The predicted molar refractivity (Wildman–Crippen MR) is 62.7 cm³/mol. The van der Waals surface area contributed by atoms with E-state index in [9.17, 15) is 4.79 Å². The first-order chi connectivity index (χ1) is 7.83. The van der Waals surface area contributed by atoms with Gasteiger partial charge in [0.25, 0.3) is 0 Å². The number of benzene rings is 1. The summed E-state index contributed by atoms with van der Waals surface area (Å²) in [7, 11) is 1.60. The Balaban J connectivity index is 2.06. The number of hydrogen-bond acceptors (Lipinski definition) is 3. The second-order valence-electron chi connectivity index (χ2n) is 3.55. The second kappa shape index (κ2) is 7.88. The molecule has 3 heteroatoms. The van der Waals surface area contributed by atoms with Crippen LogP contribution in [0.3, 0.4) is 0 Å². The van der Waals surface area contributed by atoms with Gasteiger partial charge in [-0.15, -0.1) is 0 Å². The van der Waals surface area contributed by atoms with E-state index in [1.807, 2.05) is 30.3 Å². The van der Waals surface area contributed by atoms with E-state index in [1.165, 1.54) is 0 Å². The highest BCUT2D eigenvalue weighted by Crippen LogP contribution is 2.09. The molecule has 0 saturated carbocycles. The average Bonchev–Trinajstić information content (AvgIpc) is 2.33. The Morgan fingerprint density at radius 2 is 1.88 bits per heavy atom. The Bertz CT molecular complexity index is 295. The Morgan fingerprint density at radius 1 is 1.12 bits per heavy atom. The number of Topliss-reactive ketones (excluding diaryl/α,β-unsaturated/α-hetero) is 1. The number of para-hydroxylation sites is 1. The van der Waals surface area contributed by atoms with Crippen molar-refractivity contribution in [3.8, 4) is 5.75 Å². The zero-order chi connectivity index (χ0) is 11.6. The van der Waals surface area contributed by atoms with Crippen molar-refractivity contribution in [1.29, 1.82) is 0 Å². The molecule has 0 saturated heterocycles. The maximum atomic E-state index is 11.3. The fourth-order valence-corrected chi connectivity index (χ4v) is 1.32. The van der Waals surface area contributed by atoms with Gasteiger partial charge in [0.05, 0.1) is 13.2 Å². The number of ether oxygens (including phenoxy) is 2. The van der Waals surface area contributed by atoms with Crippen molar-refractivity contribution in [2.24, 2.45) is 0 Å². The maximum Gasteiger partial charge on any atom is 0.135 e. The fourth-order valence-electron chi connectivity index (χ4n) is 1.32. The molecule has 0 radical (unpaired) electrons. The Hall–Kier alpha value is -1.35. The van der Waals surface area contributed by atoms with Crippen molar-refractivity contribution >= 4 is 5.78 Å². The van der Waals surface area contributed by atoms with E-state index in [0.29, 0.717) is 26.1 Å². The van der Waals surface area contributed by atoms with Crippen molar-refractivity contribution in [2.45, 2.75) is 19.3 Å². The quantitative estimate of drug-likeness (QED) is 0.634. The van der Waals surface area contributed by atoms with E-state index < -0.39 is 0 Å². The van der Waals surface area contributed by atoms with Gasteiger partial charge in [0.15, 0.2) is 0 Å². The van der Waals surface area contributed by atoms with E-state index in [1.54, 1.807) is 7.11 Å². The third-order valence-electron chi connectivity index (χ3n) is 2.20. The number of rotatable bonds is 8. The Kier molecular flexibility index (Phi) is 6.26. The number of hydrogen-bond donors (Lipinski definition) is 0. The number of carbonyl (C=O) groups is 1. The fraction of sp³-hybridized carbons (Fsp3) is 0.462. The summed E-state index contributed by atoms with van der Waals surface area (Å²) in [5.41, 5.74) is 0. The molecule has 16 heavy (non-hydrogen) atoms. The van der Waals surface area contributed by atoms with Crippen LogP contribution in [0.2, 0.25) is 0 Å². The molecule has 0 fully saturated rings. The highest BCUT2D eigenvalue weighted by molar-refractivity contribution is 5.78. The summed E-state index contributed by atoms with van der Waals surface area (Å²) in [4.78, 5) is 11.3. The zero-order valence-electron chi connectivity index (χ0n) is 9.65. The van der Waals surface area contributed by atoms with Crippen molar-refractivity contribution in [2.75, 3.05) is 20.3 Å². The summed E-state index contributed by atoms with van der Waals surface area (Å²) >= 11 is 0. The van der Waals surface area contributed by atoms with Crippen LogP contribution in [-0.4, -0.2) is 26.1 Å². The van der Waals surface area contributed by atoms with E-state index in [4.69, 9.17) is 9.47 Å². The van der Waals surface area contributed by atoms with Crippen molar-refractivity contribution < 1.29 is 14.3 Å². The molecule has 0 atom stereocenters. The van der Waals surface area contributed by atoms with E-state index in [0.717, 1.165) is 12.2 Å². The standard InChI is InChI=1S/C13H18O3/c1-15-11-9-12(14)6-5-10-16-13-7-3-2-4-8-13/h2-4,7-8H,5-6,9-11H2,1H3. The molecule has 0 aliphatic carbocycles. The summed E-state index contributed by atoms with van der Waals surface area (Å²) in [6.07, 6.45) is 1.83. The molecule has 1 aromatic rings. The van der Waals surface area contributed by atoms with Gasteiger partial charge in [-0.2, -0.15) is 0 Å². The molecule has 0 spiro atoms. The number of methoxy groups -OCH3 is 1. The van der Waals surface area contributed by atoms with Crippen LogP contribution < -0.4 is 4.74 Å². The smallest absolute Gasteiger partial charge is 0.135 e. The van der Waals surface area contributed by atoms with Crippen LogP contribution in [0.1, 0.15) is 19.3 Å². The summed E-state index contributed by atoms with van der Waals surface area (Å²) in [5.74, 6) is 1.09. The predicted octanol–water partition coefficient (Wildman–Crippen LogP) is 2.45. The van der Waals surface area contributed by atoms with Crippen molar-refractivity contribution in [1.82, 2.24) is 0 Å². The van der Waals surface area contributed by atoms with Gasteiger partial charge >= 0.3 is 0 Å². The van der Waals surface area contributed by atoms with Crippen LogP contribution in [0.5, 0.6) is 5.75 Å². The highest BCUT2D eigenvalue weighted by Gasteiger charge is 2.01. The first kappa shape index (κ1) is 12.7. The van der Waals surface area contributed by atoms with Gasteiger partial charge in [-0.1, -0.05) is 18.2 Å². The highest BCUT2D eigenvalue weighted by atomic mass is 16.5. The molecule has 0 heterocycles. The van der Waals surface area contributed by atoms with E-state index >= 15 is 0 Å². The topological polar surface area (TPSA) is 35.5 Å². The van der Waals surface area contributed by atoms with Gasteiger partial charge in [-0.25, -0.2) is 0 Å². The van der Waals surface area contributed by atoms with Gasteiger partial charge in [0, 0.05) is 20.0 Å². The first-order valence-electron chi connectivity index (χ1n) is 5.51. The summed E-state index contributed by atoms with van der Waals surface area (Å²) in [6, 6.07) is 9.62. The maximum absolute atomic E-state index is 11.3. The molecule has 3 nitrogen and oxygen atoms in total. The third kappa shape index (κ3) is 5.51. The Morgan fingerprint density at radius 3 is 2.56 bits per heavy atom. The lowest BCUT2D eigenvalue weighted by atomic mass is 10.2. The molecule has 0 bridgehead atoms. The molecule has 1 aromatic carbocycles. The van der Waals surface area contributed by atoms with Crippen LogP contribution in [0.15, 0.2) is 30.3 Å². The normalized spacial score (nSPS) is 10.1. The SMILES string of the molecule is COCCC(=O)CCCOc1ccccc1. The molecule has 0 aromatic heterocycles. The van der Waals surface area contributed by atoms with Gasteiger partial charge in [-0.3, -0.25) is 4.79 Å². The average molecular weight is 222 g/mol. The largest absolute Gasteiger partial charge is 0.494 e. The minimum Gasteiger partial charge on any atom is -0.494 e. The van der Waals surface area contributed by atoms with Crippen LogP contribution in [0.25, 0.3) is 0 Å². The molecular formula is C13H18O3. The number of ketones is 1. The lowest BCUT2D eigenvalue weighted by Gasteiger charge is -2.05. The molecule has 1 rings (SSSR count). The van der Waals surface area contributed by atoms with Gasteiger partial charge in [-0.05, 0) is 18.6 Å².